The maximum absolute atomic E-state index is 13.6. The van der Waals surface area contributed by atoms with Crippen LogP contribution in [-0.4, -0.2) is 7.11 Å². The number of nitrogens with one attached hydrogen (secondary N) is 1. The highest BCUT2D eigenvalue weighted by Gasteiger charge is 2.11. The molecule has 5 heteroatoms. The first kappa shape index (κ1) is 14.6. The van der Waals surface area contributed by atoms with Crippen LogP contribution >= 0.6 is 11.6 Å². The van der Waals surface area contributed by atoms with Crippen LogP contribution in [0.3, 0.4) is 0 Å². The fourth-order valence-electron chi connectivity index (χ4n) is 1.88. The lowest BCUT2D eigenvalue weighted by Gasteiger charge is -2.17. The molecule has 0 aliphatic rings. The summed E-state index contributed by atoms with van der Waals surface area (Å²) in [5, 5.41) is 3.40. The van der Waals surface area contributed by atoms with Crippen LogP contribution in [-0.2, 0) is 0 Å². The molecule has 0 heterocycles. The molecule has 0 aliphatic heterocycles. The second-order valence-corrected chi connectivity index (χ2v) is 4.82. The van der Waals surface area contributed by atoms with Gasteiger partial charge in [0.25, 0.3) is 0 Å². The Morgan fingerprint density at radius 3 is 2.50 bits per heavy atom. The Morgan fingerprint density at radius 1 is 1.10 bits per heavy atom. The van der Waals surface area contributed by atoms with Gasteiger partial charge in [0.2, 0.25) is 0 Å². The van der Waals surface area contributed by atoms with E-state index in [0.717, 1.165) is 0 Å². The molecule has 0 aromatic heterocycles. The van der Waals surface area contributed by atoms with E-state index in [4.69, 9.17) is 16.3 Å². The van der Waals surface area contributed by atoms with Crippen molar-refractivity contribution in [3.63, 3.8) is 0 Å². The SMILES string of the molecule is COc1ccc(C(C)Nc2cc(Cl)ccc2F)cc1F. The molecule has 0 spiro atoms. The maximum atomic E-state index is 13.6. The van der Waals surface area contributed by atoms with Crippen LogP contribution in [0.25, 0.3) is 0 Å². The molecule has 106 valence electrons. The van der Waals surface area contributed by atoms with Crippen LogP contribution in [0.5, 0.6) is 5.75 Å². The van der Waals surface area contributed by atoms with Gasteiger partial charge >= 0.3 is 0 Å². The summed E-state index contributed by atoms with van der Waals surface area (Å²) < 4.78 is 32.1. The van der Waals surface area contributed by atoms with Crippen molar-refractivity contribution in [2.24, 2.45) is 0 Å². The first-order valence-corrected chi connectivity index (χ1v) is 6.44. The Morgan fingerprint density at radius 2 is 1.85 bits per heavy atom. The number of methoxy groups -OCH3 is 1. The molecule has 2 aromatic carbocycles. The van der Waals surface area contributed by atoms with Gasteiger partial charge in [0, 0.05) is 11.1 Å². The molecule has 0 bridgehead atoms. The lowest BCUT2D eigenvalue weighted by atomic mass is 10.1. The van der Waals surface area contributed by atoms with E-state index in [2.05, 4.69) is 5.32 Å². The average molecular weight is 298 g/mol. The van der Waals surface area contributed by atoms with E-state index in [-0.39, 0.29) is 17.5 Å². The van der Waals surface area contributed by atoms with Crippen LogP contribution in [0.15, 0.2) is 36.4 Å². The molecular formula is C15H14ClF2NO. The monoisotopic (exact) mass is 297 g/mol. The third-order valence-corrected chi connectivity index (χ3v) is 3.21. The van der Waals surface area contributed by atoms with Gasteiger partial charge in [-0.3, -0.25) is 0 Å². The Bertz CT molecular complexity index is 619. The van der Waals surface area contributed by atoms with Crippen LogP contribution in [0.4, 0.5) is 14.5 Å². The standard InChI is InChI=1S/C15H14ClF2NO/c1-9(10-3-6-15(20-2)13(18)7-10)19-14-8-11(16)4-5-12(14)17/h3-9,19H,1-2H3. The fourth-order valence-corrected chi connectivity index (χ4v) is 2.05. The topological polar surface area (TPSA) is 21.3 Å². The minimum atomic E-state index is -0.454. The van der Waals surface area contributed by atoms with Crippen molar-refractivity contribution in [3.05, 3.63) is 58.6 Å². The van der Waals surface area contributed by atoms with Crippen molar-refractivity contribution in [2.45, 2.75) is 13.0 Å². The lowest BCUT2D eigenvalue weighted by Crippen LogP contribution is -2.08. The van der Waals surface area contributed by atoms with Gasteiger partial charge in [-0.1, -0.05) is 17.7 Å². The summed E-state index contributed by atoms with van der Waals surface area (Å²) in [5.74, 6) is -0.685. The number of ether oxygens (including phenoxy) is 1. The van der Waals surface area contributed by atoms with Crippen molar-refractivity contribution in [2.75, 3.05) is 12.4 Å². The highest BCUT2D eigenvalue weighted by Crippen LogP contribution is 2.27. The van der Waals surface area contributed by atoms with Gasteiger partial charge in [-0.05, 0) is 42.8 Å². The molecule has 0 amide bonds. The van der Waals surface area contributed by atoms with Gasteiger partial charge in [0.1, 0.15) is 5.82 Å². The average Bonchev–Trinajstić information content (AvgIpc) is 2.42. The van der Waals surface area contributed by atoms with Gasteiger partial charge in [-0.25, -0.2) is 8.78 Å². The number of benzene rings is 2. The van der Waals surface area contributed by atoms with E-state index in [9.17, 15) is 8.78 Å². The second-order valence-electron chi connectivity index (χ2n) is 4.38. The number of rotatable bonds is 4. The van der Waals surface area contributed by atoms with E-state index >= 15 is 0 Å². The third kappa shape index (κ3) is 3.20. The quantitative estimate of drug-likeness (QED) is 0.875. The summed E-state index contributed by atoms with van der Waals surface area (Å²) in [4.78, 5) is 0. The van der Waals surface area contributed by atoms with Gasteiger partial charge in [0.15, 0.2) is 11.6 Å². The summed E-state index contributed by atoms with van der Waals surface area (Å²) in [5.41, 5.74) is 0.962. The van der Waals surface area contributed by atoms with Crippen molar-refractivity contribution in [1.29, 1.82) is 0 Å². The molecule has 0 aliphatic carbocycles. The van der Waals surface area contributed by atoms with Crippen molar-refractivity contribution in [3.8, 4) is 5.75 Å². The molecule has 1 N–H and O–H groups in total. The summed E-state index contributed by atoms with van der Waals surface area (Å²) >= 11 is 5.83. The van der Waals surface area contributed by atoms with Gasteiger partial charge < -0.3 is 10.1 Å². The van der Waals surface area contributed by atoms with E-state index < -0.39 is 11.6 Å². The van der Waals surface area contributed by atoms with Crippen LogP contribution in [0.2, 0.25) is 5.02 Å². The summed E-state index contributed by atoms with van der Waals surface area (Å²) in [6.45, 7) is 1.81. The second kappa shape index (κ2) is 6.09. The van der Waals surface area contributed by atoms with Crippen molar-refractivity contribution >= 4 is 17.3 Å². The molecule has 0 saturated carbocycles. The predicted octanol–water partition coefficient (Wildman–Crippen LogP) is 4.80. The van der Waals surface area contributed by atoms with Gasteiger partial charge in [-0.15, -0.1) is 0 Å². The van der Waals surface area contributed by atoms with Crippen LogP contribution in [0.1, 0.15) is 18.5 Å². The highest BCUT2D eigenvalue weighted by molar-refractivity contribution is 6.30. The number of anilines is 1. The molecule has 20 heavy (non-hydrogen) atoms. The number of hydrogen-bond acceptors (Lipinski definition) is 2. The maximum Gasteiger partial charge on any atom is 0.165 e. The zero-order chi connectivity index (χ0) is 14.7. The van der Waals surface area contributed by atoms with E-state index in [1.807, 2.05) is 6.92 Å². The smallest absolute Gasteiger partial charge is 0.165 e. The highest BCUT2D eigenvalue weighted by atomic mass is 35.5. The Balaban J connectivity index is 2.21. The molecule has 0 radical (unpaired) electrons. The minimum Gasteiger partial charge on any atom is -0.494 e. The zero-order valence-electron chi connectivity index (χ0n) is 11.1. The fraction of sp³-hybridized carbons (Fsp3) is 0.200. The largest absolute Gasteiger partial charge is 0.494 e. The lowest BCUT2D eigenvalue weighted by molar-refractivity contribution is 0.386. The van der Waals surface area contributed by atoms with Gasteiger partial charge in [0.05, 0.1) is 12.8 Å². The predicted molar refractivity (Wildman–Crippen MR) is 76.4 cm³/mol. The van der Waals surface area contributed by atoms with E-state index in [1.165, 1.54) is 37.4 Å². The number of halogens is 3. The zero-order valence-corrected chi connectivity index (χ0v) is 11.8. The molecule has 0 fully saturated rings. The molecule has 2 nitrogen and oxygen atoms in total. The van der Waals surface area contributed by atoms with Gasteiger partial charge in [-0.2, -0.15) is 0 Å². The molecule has 1 unspecified atom stereocenters. The molecule has 2 aromatic rings. The first-order chi connectivity index (χ1) is 9.51. The van der Waals surface area contributed by atoms with E-state index in [0.29, 0.717) is 10.6 Å². The summed E-state index contributed by atoms with van der Waals surface area (Å²) in [6.07, 6.45) is 0. The summed E-state index contributed by atoms with van der Waals surface area (Å²) in [6, 6.07) is 8.60. The Labute approximate surface area is 121 Å². The molecule has 0 saturated heterocycles. The minimum absolute atomic E-state index is 0.176. The Hall–Kier alpha value is -1.81. The Kier molecular flexibility index (Phi) is 4.45. The van der Waals surface area contributed by atoms with Crippen LogP contribution in [0, 0.1) is 11.6 Å². The van der Waals surface area contributed by atoms with Crippen molar-refractivity contribution < 1.29 is 13.5 Å². The summed E-state index contributed by atoms with van der Waals surface area (Å²) in [7, 11) is 1.40. The van der Waals surface area contributed by atoms with E-state index in [1.54, 1.807) is 6.07 Å². The third-order valence-electron chi connectivity index (χ3n) is 2.98. The normalized spacial score (nSPS) is 12.1. The first-order valence-electron chi connectivity index (χ1n) is 6.06. The molecule has 1 atom stereocenters. The van der Waals surface area contributed by atoms with Crippen LogP contribution < -0.4 is 10.1 Å². The number of hydrogen-bond donors (Lipinski definition) is 1. The molecule has 2 rings (SSSR count). The molecular weight excluding hydrogens is 284 g/mol. The van der Waals surface area contributed by atoms with Crippen molar-refractivity contribution in [1.82, 2.24) is 0 Å².